The fraction of sp³-hybridized carbons (Fsp3) is 0.143. The summed E-state index contributed by atoms with van der Waals surface area (Å²) >= 11 is 0. The van der Waals surface area contributed by atoms with E-state index in [9.17, 15) is 9.18 Å². The van der Waals surface area contributed by atoms with Gasteiger partial charge in [-0.2, -0.15) is 0 Å². The second-order valence-electron chi connectivity index (χ2n) is 5.78. The summed E-state index contributed by atoms with van der Waals surface area (Å²) in [7, 11) is 0. The maximum absolute atomic E-state index is 13.5. The van der Waals surface area contributed by atoms with Gasteiger partial charge in [0.05, 0.1) is 18.3 Å². The van der Waals surface area contributed by atoms with E-state index in [1.165, 1.54) is 6.07 Å². The Kier molecular flexibility index (Phi) is 6.35. The molecule has 138 valence electrons. The number of pyridine rings is 1. The first-order valence-electron chi connectivity index (χ1n) is 8.61. The van der Waals surface area contributed by atoms with E-state index in [4.69, 9.17) is 4.74 Å². The predicted molar refractivity (Wildman–Crippen MR) is 101 cm³/mol. The summed E-state index contributed by atoms with van der Waals surface area (Å²) in [6.07, 6.45) is 1.69. The van der Waals surface area contributed by atoms with Gasteiger partial charge in [0.25, 0.3) is 0 Å². The third-order valence-electron chi connectivity index (χ3n) is 3.87. The summed E-state index contributed by atoms with van der Waals surface area (Å²) in [5.74, 6) is -0.267. The molecule has 3 rings (SSSR count). The molecule has 0 aliphatic rings. The molecule has 1 aromatic heterocycles. The molecule has 0 radical (unpaired) electrons. The average Bonchev–Trinajstić information content (AvgIpc) is 2.72. The summed E-state index contributed by atoms with van der Waals surface area (Å²) in [6.45, 7) is 0.401. The number of aromatic nitrogens is 1. The van der Waals surface area contributed by atoms with E-state index < -0.39 is 5.82 Å². The van der Waals surface area contributed by atoms with E-state index in [1.54, 1.807) is 24.4 Å². The zero-order chi connectivity index (χ0) is 18.9. The Balaban J connectivity index is 1.56. The van der Waals surface area contributed by atoms with Crippen molar-refractivity contribution < 1.29 is 13.9 Å². The van der Waals surface area contributed by atoms with Crippen LogP contribution < -0.4 is 15.4 Å². The first-order chi connectivity index (χ1) is 13.2. The van der Waals surface area contributed by atoms with Gasteiger partial charge in [-0.3, -0.25) is 4.98 Å². The number of halogens is 1. The molecule has 0 saturated heterocycles. The zero-order valence-electron chi connectivity index (χ0n) is 14.6. The van der Waals surface area contributed by atoms with E-state index >= 15 is 0 Å². The topological polar surface area (TPSA) is 63.2 Å². The van der Waals surface area contributed by atoms with E-state index in [0.29, 0.717) is 0 Å². The van der Waals surface area contributed by atoms with E-state index in [0.717, 1.165) is 11.3 Å². The number of hydrogen-bond donors (Lipinski definition) is 2. The quantitative estimate of drug-likeness (QED) is 0.628. The van der Waals surface area contributed by atoms with Gasteiger partial charge in [0.15, 0.2) is 11.6 Å². The van der Waals surface area contributed by atoms with Gasteiger partial charge >= 0.3 is 6.03 Å². The summed E-state index contributed by atoms with van der Waals surface area (Å²) < 4.78 is 18.8. The van der Waals surface area contributed by atoms with Crippen molar-refractivity contribution in [2.24, 2.45) is 0 Å². The number of carbonyl (C=O) groups excluding carboxylic acids is 1. The predicted octanol–water partition coefficient (Wildman–Crippen LogP) is 3.69. The standard InChI is InChI=1S/C21H20FN3O2/c22-17-10-4-5-12-19(17)27-15-14-24-21(26)25-20(16-8-2-1-3-9-16)18-11-6-7-13-23-18/h1-13,20H,14-15H2,(H2,24,25,26)/t20-/m0/s1. The molecule has 0 spiro atoms. The largest absolute Gasteiger partial charge is 0.489 e. The maximum atomic E-state index is 13.5. The first-order valence-corrected chi connectivity index (χ1v) is 8.61. The molecule has 1 heterocycles. The van der Waals surface area contributed by atoms with Crippen molar-refractivity contribution in [3.05, 3.63) is 96.1 Å². The Morgan fingerprint density at radius 1 is 1.00 bits per heavy atom. The molecular weight excluding hydrogens is 345 g/mol. The molecule has 0 saturated carbocycles. The highest BCUT2D eigenvalue weighted by molar-refractivity contribution is 5.74. The third-order valence-corrected chi connectivity index (χ3v) is 3.87. The number of carbonyl (C=O) groups is 1. The normalized spacial score (nSPS) is 11.4. The molecule has 27 heavy (non-hydrogen) atoms. The molecule has 2 amide bonds. The highest BCUT2D eigenvalue weighted by atomic mass is 19.1. The Morgan fingerprint density at radius 2 is 1.74 bits per heavy atom. The number of benzene rings is 2. The number of amides is 2. The Bertz CT molecular complexity index is 820. The summed E-state index contributed by atoms with van der Waals surface area (Å²) in [4.78, 5) is 16.6. The van der Waals surface area contributed by atoms with Gasteiger partial charge in [-0.25, -0.2) is 9.18 Å². The van der Waals surface area contributed by atoms with Crippen LogP contribution in [0.1, 0.15) is 17.3 Å². The number of ether oxygens (including phenoxy) is 1. The molecule has 6 heteroatoms. The molecule has 3 aromatic rings. The third kappa shape index (κ3) is 5.28. The van der Waals surface area contributed by atoms with Crippen molar-refractivity contribution >= 4 is 6.03 Å². The van der Waals surface area contributed by atoms with Gasteiger partial charge in [-0.15, -0.1) is 0 Å². The van der Waals surface area contributed by atoms with Crippen LogP contribution in [0.3, 0.4) is 0 Å². The van der Waals surface area contributed by atoms with Crippen LogP contribution in [0.5, 0.6) is 5.75 Å². The van der Waals surface area contributed by atoms with Gasteiger partial charge in [-0.1, -0.05) is 48.5 Å². The lowest BCUT2D eigenvalue weighted by molar-refractivity contribution is 0.233. The summed E-state index contributed by atoms with van der Waals surface area (Å²) in [5, 5.41) is 5.63. The Labute approximate surface area is 157 Å². The van der Waals surface area contributed by atoms with Crippen LogP contribution in [0.2, 0.25) is 0 Å². The van der Waals surface area contributed by atoms with Gasteiger partial charge in [0.2, 0.25) is 0 Å². The van der Waals surface area contributed by atoms with Crippen LogP contribution in [0.15, 0.2) is 79.0 Å². The van der Waals surface area contributed by atoms with Crippen LogP contribution in [0.25, 0.3) is 0 Å². The van der Waals surface area contributed by atoms with Gasteiger partial charge < -0.3 is 15.4 Å². The number of hydrogen-bond acceptors (Lipinski definition) is 3. The molecule has 1 atom stereocenters. The molecule has 2 N–H and O–H groups in total. The second-order valence-corrected chi connectivity index (χ2v) is 5.78. The van der Waals surface area contributed by atoms with Crippen molar-refractivity contribution in [3.63, 3.8) is 0 Å². The SMILES string of the molecule is O=C(NCCOc1ccccc1F)N[C@@H](c1ccccc1)c1ccccn1. The van der Waals surface area contributed by atoms with Crippen LogP contribution >= 0.6 is 0 Å². The van der Waals surface area contributed by atoms with Gasteiger partial charge in [-0.05, 0) is 29.8 Å². The molecule has 5 nitrogen and oxygen atoms in total. The van der Waals surface area contributed by atoms with Crippen molar-refractivity contribution in [1.82, 2.24) is 15.6 Å². The number of nitrogens with zero attached hydrogens (tertiary/aromatic N) is 1. The molecular formula is C21H20FN3O2. The van der Waals surface area contributed by atoms with E-state index in [1.807, 2.05) is 48.5 Å². The summed E-state index contributed by atoms with van der Waals surface area (Å²) in [5.41, 5.74) is 1.66. The number of urea groups is 1. The van der Waals surface area contributed by atoms with Crippen molar-refractivity contribution in [2.75, 3.05) is 13.2 Å². The second kappa shape index (κ2) is 9.33. The van der Waals surface area contributed by atoms with Crippen molar-refractivity contribution in [1.29, 1.82) is 0 Å². The molecule has 0 bridgehead atoms. The molecule has 0 aliphatic heterocycles. The Hall–Kier alpha value is -3.41. The van der Waals surface area contributed by atoms with Crippen molar-refractivity contribution in [2.45, 2.75) is 6.04 Å². The van der Waals surface area contributed by atoms with Gasteiger partial charge in [0.1, 0.15) is 6.61 Å². The molecule has 0 aliphatic carbocycles. The number of rotatable bonds is 7. The summed E-state index contributed by atoms with van der Waals surface area (Å²) in [6, 6.07) is 20.6. The molecule has 0 fully saturated rings. The zero-order valence-corrected chi connectivity index (χ0v) is 14.6. The lowest BCUT2D eigenvalue weighted by atomic mass is 10.0. The van der Waals surface area contributed by atoms with Crippen LogP contribution in [0, 0.1) is 5.82 Å². The number of para-hydroxylation sites is 1. The minimum absolute atomic E-state index is 0.161. The Morgan fingerprint density at radius 3 is 2.48 bits per heavy atom. The van der Waals surface area contributed by atoms with Crippen molar-refractivity contribution in [3.8, 4) is 5.75 Å². The van der Waals surface area contributed by atoms with Crippen LogP contribution in [-0.2, 0) is 0 Å². The van der Waals surface area contributed by atoms with Gasteiger partial charge in [0, 0.05) is 6.20 Å². The number of nitrogens with one attached hydrogen (secondary N) is 2. The molecule has 0 unspecified atom stereocenters. The van der Waals surface area contributed by atoms with Crippen LogP contribution in [-0.4, -0.2) is 24.2 Å². The molecule has 2 aromatic carbocycles. The fourth-order valence-corrected chi connectivity index (χ4v) is 2.59. The smallest absolute Gasteiger partial charge is 0.315 e. The van der Waals surface area contributed by atoms with Crippen LogP contribution in [0.4, 0.5) is 9.18 Å². The highest BCUT2D eigenvalue weighted by Crippen LogP contribution is 2.19. The lowest BCUT2D eigenvalue weighted by Crippen LogP contribution is -2.40. The maximum Gasteiger partial charge on any atom is 0.315 e. The minimum atomic E-state index is -0.429. The fourth-order valence-electron chi connectivity index (χ4n) is 2.59. The monoisotopic (exact) mass is 365 g/mol. The minimum Gasteiger partial charge on any atom is -0.489 e. The average molecular weight is 365 g/mol. The lowest BCUT2D eigenvalue weighted by Gasteiger charge is -2.19. The first kappa shape index (κ1) is 18.4. The highest BCUT2D eigenvalue weighted by Gasteiger charge is 2.17. The van der Waals surface area contributed by atoms with E-state index in [-0.39, 0.29) is 31.0 Å². The van der Waals surface area contributed by atoms with E-state index in [2.05, 4.69) is 15.6 Å².